The molecule has 0 aliphatic heterocycles. The number of aromatic nitrogens is 2. The maximum absolute atomic E-state index is 6.71. The number of furan rings is 1. The average Bonchev–Trinajstić information content (AvgIpc) is 3.63. The van der Waals surface area contributed by atoms with Gasteiger partial charge in [-0.1, -0.05) is 125 Å². The highest BCUT2D eigenvalue weighted by Gasteiger charge is 2.34. The van der Waals surface area contributed by atoms with Crippen molar-refractivity contribution in [3.63, 3.8) is 0 Å². The van der Waals surface area contributed by atoms with Gasteiger partial charge in [0.15, 0.2) is 16.6 Å². The van der Waals surface area contributed by atoms with E-state index in [0.717, 1.165) is 33.3 Å². The molecule has 0 unspecified atom stereocenters. The molecule has 6 aromatic carbocycles. The molecule has 0 saturated carbocycles. The van der Waals surface area contributed by atoms with Gasteiger partial charge in [0.1, 0.15) is 16.8 Å². The topological polar surface area (TPSA) is 21.9 Å². The van der Waals surface area contributed by atoms with Crippen molar-refractivity contribution in [3.8, 4) is 39.3 Å². The predicted molar refractivity (Wildman–Crippen MR) is 201 cm³/mol. The number of benzene rings is 6. The van der Waals surface area contributed by atoms with E-state index in [-0.39, 0.29) is 0 Å². The molecule has 0 aliphatic carbocycles. The summed E-state index contributed by atoms with van der Waals surface area (Å²) in [4.78, 5) is 0. The van der Waals surface area contributed by atoms with Crippen LogP contribution in [-0.2, 0) is 7.05 Å². The quantitative estimate of drug-likeness (QED) is 0.169. The molecule has 3 nitrogen and oxygen atoms in total. The van der Waals surface area contributed by atoms with Crippen LogP contribution in [0, 0.1) is 6.92 Å². The Hall–Kier alpha value is -5.41. The van der Waals surface area contributed by atoms with Crippen molar-refractivity contribution < 1.29 is 8.98 Å². The third kappa shape index (κ3) is 4.76. The molecule has 0 bridgehead atoms. The van der Waals surface area contributed by atoms with E-state index >= 15 is 0 Å². The SMILES string of the molecule is Cc1ccc2c(oc3ccccc32)c1-c1n(-c2c(C(C)C)cc(-c3ccc(-c4ccccc4)cc3)cc2C(C)C)c2ccccc2[n+]1C. The number of nitrogens with zero attached hydrogens (tertiary/aromatic N) is 2. The lowest BCUT2D eigenvalue weighted by Crippen LogP contribution is -2.30. The zero-order chi connectivity index (χ0) is 33.1. The fourth-order valence-corrected chi connectivity index (χ4v) is 7.46. The highest BCUT2D eigenvalue weighted by Crippen LogP contribution is 2.43. The Kier molecular flexibility index (Phi) is 7.29. The molecule has 8 rings (SSSR count). The molecule has 3 heteroatoms. The smallest absolute Gasteiger partial charge is 0.299 e. The van der Waals surface area contributed by atoms with Crippen molar-refractivity contribution in [2.45, 2.75) is 46.5 Å². The van der Waals surface area contributed by atoms with Gasteiger partial charge < -0.3 is 4.42 Å². The Balaban J connectivity index is 1.42. The minimum absolute atomic E-state index is 0.295. The Morgan fingerprint density at radius 3 is 1.85 bits per heavy atom. The summed E-state index contributed by atoms with van der Waals surface area (Å²) in [6, 6.07) is 46.1. The van der Waals surface area contributed by atoms with Crippen LogP contribution in [-0.4, -0.2) is 4.57 Å². The molecular weight excluding hydrogens is 585 g/mol. The predicted octanol–water partition coefficient (Wildman–Crippen LogP) is 11.9. The molecule has 2 aromatic heterocycles. The summed E-state index contributed by atoms with van der Waals surface area (Å²) in [7, 11) is 2.20. The van der Waals surface area contributed by atoms with Gasteiger partial charge in [-0.3, -0.25) is 0 Å². The highest BCUT2D eigenvalue weighted by atomic mass is 16.3. The van der Waals surface area contributed by atoms with Crippen LogP contribution in [0.15, 0.2) is 132 Å². The maximum Gasteiger partial charge on any atom is 0.299 e. The van der Waals surface area contributed by atoms with Gasteiger partial charge in [0, 0.05) is 21.9 Å². The summed E-state index contributed by atoms with van der Waals surface area (Å²) >= 11 is 0. The number of imidazole rings is 1. The molecule has 0 atom stereocenters. The Bertz CT molecular complexity index is 2430. The lowest BCUT2D eigenvalue weighted by Gasteiger charge is -2.21. The first-order chi connectivity index (χ1) is 23.3. The van der Waals surface area contributed by atoms with Crippen molar-refractivity contribution >= 4 is 33.0 Å². The van der Waals surface area contributed by atoms with Crippen molar-refractivity contribution in [3.05, 3.63) is 144 Å². The zero-order valence-corrected chi connectivity index (χ0v) is 28.6. The lowest BCUT2D eigenvalue weighted by atomic mass is 9.87. The minimum Gasteiger partial charge on any atom is -0.455 e. The summed E-state index contributed by atoms with van der Waals surface area (Å²) in [6.45, 7) is 11.5. The molecule has 0 aliphatic rings. The summed E-state index contributed by atoms with van der Waals surface area (Å²) < 4.78 is 11.6. The van der Waals surface area contributed by atoms with Crippen LogP contribution in [0.1, 0.15) is 56.2 Å². The third-order valence-corrected chi connectivity index (χ3v) is 9.95. The molecule has 0 radical (unpaired) electrons. The number of hydrogen-bond acceptors (Lipinski definition) is 1. The van der Waals surface area contributed by atoms with Gasteiger partial charge in [-0.25, -0.2) is 4.57 Å². The molecule has 2 heterocycles. The van der Waals surface area contributed by atoms with Gasteiger partial charge in [0.2, 0.25) is 0 Å². The van der Waals surface area contributed by atoms with Crippen molar-refractivity contribution in [2.24, 2.45) is 7.05 Å². The zero-order valence-electron chi connectivity index (χ0n) is 28.6. The fraction of sp³-hybridized carbons (Fsp3) is 0.178. The molecule has 0 N–H and O–H groups in total. The summed E-state index contributed by atoms with van der Waals surface area (Å²) in [6.07, 6.45) is 0. The lowest BCUT2D eigenvalue weighted by molar-refractivity contribution is -0.633. The molecule has 0 spiro atoms. The molecule has 0 saturated heterocycles. The number of aryl methyl sites for hydroxylation is 2. The first-order valence-electron chi connectivity index (χ1n) is 17.1. The maximum atomic E-state index is 6.71. The second-order valence-corrected chi connectivity index (χ2v) is 13.7. The summed E-state index contributed by atoms with van der Waals surface area (Å²) in [5.74, 6) is 1.72. The van der Waals surface area contributed by atoms with E-state index in [1.54, 1.807) is 0 Å². The summed E-state index contributed by atoms with van der Waals surface area (Å²) in [5.41, 5.74) is 15.4. The van der Waals surface area contributed by atoms with E-state index in [0.29, 0.717) is 11.8 Å². The normalized spacial score (nSPS) is 11.9. The van der Waals surface area contributed by atoms with E-state index in [1.165, 1.54) is 55.7 Å². The molecule has 8 aromatic rings. The molecular formula is C45H41N2O+. The van der Waals surface area contributed by atoms with Crippen LogP contribution < -0.4 is 4.57 Å². The average molecular weight is 626 g/mol. The first kappa shape index (κ1) is 30.0. The third-order valence-electron chi connectivity index (χ3n) is 9.95. The van der Waals surface area contributed by atoms with E-state index in [2.05, 4.69) is 178 Å². The van der Waals surface area contributed by atoms with Gasteiger partial charge in [-0.05, 0) is 76.9 Å². The van der Waals surface area contributed by atoms with E-state index < -0.39 is 0 Å². The van der Waals surface area contributed by atoms with Crippen molar-refractivity contribution in [1.29, 1.82) is 0 Å². The first-order valence-corrected chi connectivity index (χ1v) is 17.1. The second kappa shape index (κ2) is 11.7. The fourth-order valence-electron chi connectivity index (χ4n) is 7.46. The molecule has 0 amide bonds. The van der Waals surface area contributed by atoms with E-state index in [1.807, 2.05) is 0 Å². The largest absolute Gasteiger partial charge is 0.455 e. The van der Waals surface area contributed by atoms with Crippen LogP contribution in [0.25, 0.3) is 72.3 Å². The van der Waals surface area contributed by atoms with Crippen LogP contribution in [0.5, 0.6) is 0 Å². The van der Waals surface area contributed by atoms with Crippen LogP contribution in [0.3, 0.4) is 0 Å². The Morgan fingerprint density at radius 2 is 1.17 bits per heavy atom. The van der Waals surface area contributed by atoms with Crippen LogP contribution in [0.2, 0.25) is 0 Å². The Labute approximate surface area is 282 Å². The monoisotopic (exact) mass is 625 g/mol. The van der Waals surface area contributed by atoms with Crippen LogP contribution in [0.4, 0.5) is 0 Å². The van der Waals surface area contributed by atoms with E-state index in [4.69, 9.17) is 4.42 Å². The number of rotatable bonds is 6. The number of fused-ring (bicyclic) bond motifs is 4. The standard InChI is InChI=1S/C45H41N2O/c1-28(2)37-26-34(33-23-21-32(22-24-33)31-14-8-7-9-15-31)27-38(29(3)4)43(37)47-40-18-12-11-17-39(40)46(6)45(47)42-30(5)20-25-36-35-16-10-13-19-41(35)48-44(36)42/h7-29H,1-6H3/q+1. The van der Waals surface area contributed by atoms with Crippen LogP contribution >= 0.6 is 0 Å². The molecule has 48 heavy (non-hydrogen) atoms. The number of hydrogen-bond donors (Lipinski definition) is 0. The van der Waals surface area contributed by atoms with Gasteiger partial charge in [-0.15, -0.1) is 0 Å². The minimum atomic E-state index is 0.295. The van der Waals surface area contributed by atoms with Crippen molar-refractivity contribution in [2.75, 3.05) is 0 Å². The molecule has 236 valence electrons. The highest BCUT2D eigenvalue weighted by molar-refractivity contribution is 6.10. The van der Waals surface area contributed by atoms with Gasteiger partial charge >= 0.3 is 0 Å². The Morgan fingerprint density at radius 1 is 0.583 bits per heavy atom. The van der Waals surface area contributed by atoms with Gasteiger partial charge in [0.05, 0.1) is 7.05 Å². The van der Waals surface area contributed by atoms with E-state index in [9.17, 15) is 0 Å². The summed E-state index contributed by atoms with van der Waals surface area (Å²) in [5, 5.41) is 2.29. The second-order valence-electron chi connectivity index (χ2n) is 13.7. The van der Waals surface area contributed by atoms with Gasteiger partial charge in [-0.2, -0.15) is 4.57 Å². The van der Waals surface area contributed by atoms with Crippen molar-refractivity contribution in [1.82, 2.24) is 4.57 Å². The molecule has 0 fully saturated rings. The van der Waals surface area contributed by atoms with Gasteiger partial charge in [0.25, 0.3) is 5.82 Å². The number of para-hydroxylation sites is 3.